The molecule has 0 bridgehead atoms. The summed E-state index contributed by atoms with van der Waals surface area (Å²) in [6.07, 6.45) is 1.32. The molecule has 0 spiro atoms. The zero-order valence-electron chi connectivity index (χ0n) is 9.23. The lowest BCUT2D eigenvalue weighted by Gasteiger charge is -2.12. The van der Waals surface area contributed by atoms with E-state index in [1.165, 1.54) is 0 Å². The SMILES string of the molecule is CC(=O)c1ccc(OC2CCNC2)cc1.Cl. The molecule has 0 aliphatic carbocycles. The highest BCUT2D eigenvalue weighted by Crippen LogP contribution is 2.16. The Bertz CT molecular complexity index is 345. The summed E-state index contributed by atoms with van der Waals surface area (Å²) in [5, 5.41) is 3.24. The van der Waals surface area contributed by atoms with Gasteiger partial charge in [0.2, 0.25) is 0 Å². The molecule has 1 aliphatic heterocycles. The number of Topliss-reactive ketones (excluding diaryl/α,β-unsaturated/α-hetero) is 1. The van der Waals surface area contributed by atoms with Crippen molar-refractivity contribution < 1.29 is 9.53 Å². The van der Waals surface area contributed by atoms with E-state index >= 15 is 0 Å². The molecule has 0 saturated carbocycles. The van der Waals surface area contributed by atoms with Gasteiger partial charge < -0.3 is 10.1 Å². The number of nitrogens with one attached hydrogen (secondary N) is 1. The van der Waals surface area contributed by atoms with Gasteiger partial charge in [-0.1, -0.05) is 0 Å². The number of ether oxygens (including phenoxy) is 1. The third-order valence-electron chi connectivity index (χ3n) is 2.58. The van der Waals surface area contributed by atoms with Crippen LogP contribution in [0, 0.1) is 0 Å². The van der Waals surface area contributed by atoms with Crippen LogP contribution in [0.1, 0.15) is 23.7 Å². The Morgan fingerprint density at radius 3 is 2.56 bits per heavy atom. The number of hydrogen-bond acceptors (Lipinski definition) is 3. The van der Waals surface area contributed by atoms with Gasteiger partial charge in [0.25, 0.3) is 0 Å². The summed E-state index contributed by atoms with van der Waals surface area (Å²) in [6, 6.07) is 7.32. The standard InChI is InChI=1S/C12H15NO2.ClH/c1-9(14)10-2-4-11(5-3-10)15-12-6-7-13-8-12;/h2-5,12-13H,6-8H2,1H3;1H. The van der Waals surface area contributed by atoms with E-state index < -0.39 is 0 Å². The molecular weight excluding hydrogens is 226 g/mol. The summed E-state index contributed by atoms with van der Waals surface area (Å²) < 4.78 is 5.74. The van der Waals surface area contributed by atoms with Gasteiger partial charge >= 0.3 is 0 Å². The Hall–Kier alpha value is -1.06. The fourth-order valence-electron chi connectivity index (χ4n) is 1.69. The molecule has 1 heterocycles. The van der Waals surface area contributed by atoms with E-state index in [0.29, 0.717) is 0 Å². The molecule has 1 aromatic carbocycles. The molecule has 1 N–H and O–H groups in total. The molecule has 1 aliphatic rings. The van der Waals surface area contributed by atoms with Crippen LogP contribution in [0.4, 0.5) is 0 Å². The lowest BCUT2D eigenvalue weighted by molar-refractivity contribution is 0.101. The monoisotopic (exact) mass is 241 g/mol. The second-order valence-corrected chi connectivity index (χ2v) is 3.81. The van der Waals surface area contributed by atoms with Crippen LogP contribution in [0.2, 0.25) is 0 Å². The molecule has 1 aromatic rings. The first-order valence-electron chi connectivity index (χ1n) is 5.24. The predicted molar refractivity (Wildman–Crippen MR) is 65.6 cm³/mol. The summed E-state index contributed by atoms with van der Waals surface area (Å²) in [5.41, 5.74) is 0.729. The van der Waals surface area contributed by atoms with Crippen molar-refractivity contribution in [2.75, 3.05) is 13.1 Å². The Labute approximate surface area is 102 Å². The number of halogens is 1. The topological polar surface area (TPSA) is 38.3 Å². The molecule has 2 rings (SSSR count). The van der Waals surface area contributed by atoms with Crippen molar-refractivity contribution in [1.82, 2.24) is 5.32 Å². The van der Waals surface area contributed by atoms with E-state index in [1.807, 2.05) is 12.1 Å². The maximum atomic E-state index is 11.1. The second kappa shape index (κ2) is 5.87. The molecule has 0 radical (unpaired) electrons. The van der Waals surface area contributed by atoms with Crippen molar-refractivity contribution in [2.45, 2.75) is 19.4 Å². The Kier molecular flexibility index (Phi) is 4.77. The van der Waals surface area contributed by atoms with Gasteiger partial charge in [0.1, 0.15) is 11.9 Å². The number of rotatable bonds is 3. The third kappa shape index (κ3) is 3.22. The van der Waals surface area contributed by atoms with Gasteiger partial charge in [-0.2, -0.15) is 0 Å². The van der Waals surface area contributed by atoms with Crippen LogP contribution in [0.5, 0.6) is 5.75 Å². The van der Waals surface area contributed by atoms with Gasteiger partial charge in [0.05, 0.1) is 0 Å². The highest BCUT2D eigenvalue weighted by molar-refractivity contribution is 5.94. The van der Waals surface area contributed by atoms with Crippen LogP contribution >= 0.6 is 12.4 Å². The number of hydrogen-bond donors (Lipinski definition) is 1. The first-order chi connectivity index (χ1) is 7.25. The van der Waals surface area contributed by atoms with E-state index in [2.05, 4.69) is 5.32 Å². The fraction of sp³-hybridized carbons (Fsp3) is 0.417. The summed E-state index contributed by atoms with van der Waals surface area (Å²) in [7, 11) is 0. The van der Waals surface area contributed by atoms with Crippen LogP contribution in [-0.2, 0) is 0 Å². The molecule has 0 amide bonds. The molecule has 1 unspecified atom stereocenters. The van der Waals surface area contributed by atoms with Crippen LogP contribution < -0.4 is 10.1 Å². The average Bonchev–Trinajstić information content (AvgIpc) is 2.71. The smallest absolute Gasteiger partial charge is 0.159 e. The lowest BCUT2D eigenvalue weighted by Crippen LogP contribution is -2.19. The van der Waals surface area contributed by atoms with Crippen molar-refractivity contribution in [3.8, 4) is 5.75 Å². The summed E-state index contributed by atoms with van der Waals surface area (Å²) in [6.45, 7) is 3.50. The highest BCUT2D eigenvalue weighted by Gasteiger charge is 2.15. The number of carbonyl (C=O) groups is 1. The summed E-state index contributed by atoms with van der Waals surface area (Å²) in [5.74, 6) is 0.929. The van der Waals surface area contributed by atoms with Gasteiger partial charge in [-0.15, -0.1) is 12.4 Å². The molecule has 4 heteroatoms. The molecular formula is C12H16ClNO2. The first kappa shape index (κ1) is 13.0. The number of ketones is 1. The van der Waals surface area contributed by atoms with Crippen LogP contribution in [0.3, 0.4) is 0 Å². The number of benzene rings is 1. The van der Waals surface area contributed by atoms with Crippen LogP contribution in [0.15, 0.2) is 24.3 Å². The summed E-state index contributed by atoms with van der Waals surface area (Å²) >= 11 is 0. The molecule has 0 aromatic heterocycles. The largest absolute Gasteiger partial charge is 0.489 e. The van der Waals surface area contributed by atoms with Crippen LogP contribution in [0.25, 0.3) is 0 Å². The minimum absolute atomic E-state index is 0. The van der Waals surface area contributed by atoms with Gasteiger partial charge in [0, 0.05) is 12.1 Å². The normalized spacial score (nSPS) is 18.9. The van der Waals surface area contributed by atoms with Crippen LogP contribution in [-0.4, -0.2) is 25.0 Å². The Morgan fingerprint density at radius 1 is 1.38 bits per heavy atom. The van der Waals surface area contributed by atoms with E-state index in [-0.39, 0.29) is 24.3 Å². The predicted octanol–water partition coefficient (Wildman–Crippen LogP) is 2.05. The minimum Gasteiger partial charge on any atom is -0.489 e. The van der Waals surface area contributed by atoms with Gasteiger partial charge in [-0.05, 0) is 44.2 Å². The molecule has 88 valence electrons. The van der Waals surface area contributed by atoms with E-state index in [1.54, 1.807) is 19.1 Å². The van der Waals surface area contributed by atoms with Crippen molar-refractivity contribution in [3.63, 3.8) is 0 Å². The maximum absolute atomic E-state index is 11.1. The Morgan fingerprint density at radius 2 is 2.06 bits per heavy atom. The molecule has 16 heavy (non-hydrogen) atoms. The van der Waals surface area contributed by atoms with Gasteiger partial charge in [0.15, 0.2) is 5.78 Å². The minimum atomic E-state index is 0. The van der Waals surface area contributed by atoms with Crippen molar-refractivity contribution >= 4 is 18.2 Å². The fourth-order valence-corrected chi connectivity index (χ4v) is 1.69. The lowest BCUT2D eigenvalue weighted by atomic mass is 10.1. The van der Waals surface area contributed by atoms with Gasteiger partial charge in [-0.3, -0.25) is 4.79 Å². The second-order valence-electron chi connectivity index (χ2n) is 3.81. The molecule has 1 atom stereocenters. The zero-order valence-corrected chi connectivity index (χ0v) is 10.0. The average molecular weight is 242 g/mol. The molecule has 1 saturated heterocycles. The quantitative estimate of drug-likeness (QED) is 0.824. The molecule has 1 fully saturated rings. The summed E-state index contributed by atoms with van der Waals surface area (Å²) in [4.78, 5) is 11.1. The maximum Gasteiger partial charge on any atom is 0.159 e. The Balaban J connectivity index is 0.00000128. The first-order valence-corrected chi connectivity index (χ1v) is 5.24. The van der Waals surface area contributed by atoms with E-state index in [9.17, 15) is 4.79 Å². The highest BCUT2D eigenvalue weighted by atomic mass is 35.5. The number of carbonyl (C=O) groups excluding carboxylic acids is 1. The van der Waals surface area contributed by atoms with E-state index in [0.717, 1.165) is 30.8 Å². The molecule has 3 nitrogen and oxygen atoms in total. The van der Waals surface area contributed by atoms with Gasteiger partial charge in [-0.25, -0.2) is 0 Å². The van der Waals surface area contributed by atoms with E-state index in [4.69, 9.17) is 4.74 Å². The van der Waals surface area contributed by atoms with Crippen molar-refractivity contribution in [3.05, 3.63) is 29.8 Å². The van der Waals surface area contributed by atoms with Crippen molar-refractivity contribution in [1.29, 1.82) is 0 Å². The third-order valence-corrected chi connectivity index (χ3v) is 2.58. The van der Waals surface area contributed by atoms with Crippen molar-refractivity contribution in [2.24, 2.45) is 0 Å². The zero-order chi connectivity index (χ0) is 10.7.